The number of carbonyl (C=O) groups excluding carboxylic acids is 3. The molecule has 1 atom stereocenters. The summed E-state index contributed by atoms with van der Waals surface area (Å²) >= 11 is 0. The van der Waals surface area contributed by atoms with Crippen molar-refractivity contribution in [1.29, 1.82) is 0 Å². The molecule has 0 aliphatic heterocycles. The van der Waals surface area contributed by atoms with Gasteiger partial charge in [-0.2, -0.15) is 0 Å². The highest BCUT2D eigenvalue weighted by atomic mass is 16.5. The van der Waals surface area contributed by atoms with Gasteiger partial charge in [-0.25, -0.2) is 4.79 Å². The number of benzene rings is 2. The van der Waals surface area contributed by atoms with E-state index in [9.17, 15) is 14.4 Å². The molecule has 2 N–H and O–H groups in total. The van der Waals surface area contributed by atoms with Crippen LogP contribution in [-0.4, -0.2) is 50.1 Å². The Bertz CT molecular complexity index is 1020. The Morgan fingerprint density at radius 2 is 1.69 bits per heavy atom. The van der Waals surface area contributed by atoms with Gasteiger partial charge in [0.2, 0.25) is 5.91 Å². The largest absolute Gasteiger partial charge is 0.465 e. The van der Waals surface area contributed by atoms with Crippen LogP contribution < -0.4 is 15.5 Å². The summed E-state index contributed by atoms with van der Waals surface area (Å²) in [6.07, 6.45) is 0. The van der Waals surface area contributed by atoms with Gasteiger partial charge in [-0.15, -0.1) is 0 Å². The van der Waals surface area contributed by atoms with Crippen molar-refractivity contribution in [2.75, 3.05) is 37.5 Å². The molecule has 35 heavy (non-hydrogen) atoms. The SMILES string of the molecule is CCOC(=O)CNC(=O)Nc1ccc(N(C)C)c(CN(C(=O)C(C)(C)C)[C@@H](C)c2ccccc2)c1. The average molecular weight is 483 g/mol. The van der Waals surface area contributed by atoms with Crippen LogP contribution in [0.3, 0.4) is 0 Å². The van der Waals surface area contributed by atoms with Crippen LogP contribution in [0.4, 0.5) is 16.2 Å². The summed E-state index contributed by atoms with van der Waals surface area (Å²) in [6.45, 7) is 9.88. The van der Waals surface area contributed by atoms with Gasteiger partial charge in [0.1, 0.15) is 6.54 Å². The van der Waals surface area contributed by atoms with Crippen molar-refractivity contribution in [1.82, 2.24) is 10.2 Å². The Labute approximate surface area is 208 Å². The smallest absolute Gasteiger partial charge is 0.325 e. The average Bonchev–Trinajstić information content (AvgIpc) is 2.80. The van der Waals surface area contributed by atoms with Crippen molar-refractivity contribution in [2.45, 2.75) is 47.2 Å². The molecule has 0 spiro atoms. The monoisotopic (exact) mass is 482 g/mol. The second-order valence-corrected chi connectivity index (χ2v) is 9.62. The molecule has 8 heteroatoms. The molecule has 0 aliphatic carbocycles. The molecule has 0 fully saturated rings. The summed E-state index contributed by atoms with van der Waals surface area (Å²) in [5.41, 5.74) is 2.86. The minimum absolute atomic E-state index is 0.0316. The maximum atomic E-state index is 13.5. The number of carbonyl (C=O) groups is 3. The Morgan fingerprint density at radius 3 is 2.26 bits per heavy atom. The summed E-state index contributed by atoms with van der Waals surface area (Å²) < 4.78 is 4.83. The fourth-order valence-electron chi connectivity index (χ4n) is 3.68. The van der Waals surface area contributed by atoms with E-state index in [0.717, 1.165) is 16.8 Å². The number of amides is 3. The van der Waals surface area contributed by atoms with Gasteiger partial charge in [-0.3, -0.25) is 9.59 Å². The number of anilines is 2. The first kappa shape index (κ1) is 27.7. The molecular formula is C27H38N4O4. The molecule has 0 heterocycles. The van der Waals surface area contributed by atoms with Gasteiger partial charge in [0.25, 0.3) is 0 Å². The highest BCUT2D eigenvalue weighted by Crippen LogP contribution is 2.32. The second-order valence-electron chi connectivity index (χ2n) is 9.62. The summed E-state index contributed by atoms with van der Waals surface area (Å²) in [7, 11) is 3.88. The molecule has 0 radical (unpaired) electrons. The first-order valence-electron chi connectivity index (χ1n) is 11.8. The van der Waals surface area contributed by atoms with Crippen LogP contribution in [0.15, 0.2) is 48.5 Å². The first-order valence-corrected chi connectivity index (χ1v) is 11.8. The molecule has 2 aromatic carbocycles. The molecule has 0 unspecified atom stereocenters. The number of hydrogen-bond donors (Lipinski definition) is 2. The Morgan fingerprint density at radius 1 is 1.03 bits per heavy atom. The number of esters is 1. The van der Waals surface area contributed by atoms with Crippen molar-refractivity contribution in [2.24, 2.45) is 5.41 Å². The van der Waals surface area contributed by atoms with Crippen LogP contribution >= 0.6 is 0 Å². The Balaban J connectivity index is 2.34. The molecule has 0 saturated carbocycles. The van der Waals surface area contributed by atoms with Gasteiger partial charge in [0, 0.05) is 37.4 Å². The molecule has 190 valence electrons. The van der Waals surface area contributed by atoms with Crippen molar-refractivity contribution in [3.05, 3.63) is 59.7 Å². The zero-order valence-corrected chi connectivity index (χ0v) is 21.8. The Kier molecular flexibility index (Phi) is 9.68. The Hall–Kier alpha value is -3.55. The van der Waals surface area contributed by atoms with Crippen LogP contribution in [0.5, 0.6) is 0 Å². The minimum Gasteiger partial charge on any atom is -0.465 e. The van der Waals surface area contributed by atoms with Crippen LogP contribution in [0, 0.1) is 5.41 Å². The zero-order valence-electron chi connectivity index (χ0n) is 21.8. The number of nitrogens with zero attached hydrogens (tertiary/aromatic N) is 2. The van der Waals surface area contributed by atoms with Crippen molar-refractivity contribution in [3.63, 3.8) is 0 Å². The number of urea groups is 1. The van der Waals surface area contributed by atoms with E-state index in [4.69, 9.17) is 4.74 Å². The molecule has 0 saturated heterocycles. The van der Waals surface area contributed by atoms with Crippen molar-refractivity contribution >= 4 is 29.3 Å². The van der Waals surface area contributed by atoms with E-state index in [1.807, 2.05) is 94.1 Å². The fourth-order valence-corrected chi connectivity index (χ4v) is 3.68. The van der Waals surface area contributed by atoms with E-state index >= 15 is 0 Å². The molecule has 0 bridgehead atoms. The predicted molar refractivity (Wildman–Crippen MR) is 139 cm³/mol. The van der Waals surface area contributed by atoms with Crippen LogP contribution in [0.2, 0.25) is 0 Å². The van der Waals surface area contributed by atoms with E-state index in [2.05, 4.69) is 10.6 Å². The minimum atomic E-state index is -0.565. The second kappa shape index (κ2) is 12.2. The maximum absolute atomic E-state index is 13.5. The topological polar surface area (TPSA) is 91.0 Å². The first-order chi connectivity index (χ1) is 16.4. The van der Waals surface area contributed by atoms with Crippen molar-refractivity contribution < 1.29 is 19.1 Å². The van der Waals surface area contributed by atoms with Crippen LogP contribution in [0.25, 0.3) is 0 Å². The fraction of sp³-hybridized carbons (Fsp3) is 0.444. The summed E-state index contributed by atoms with van der Waals surface area (Å²) in [4.78, 5) is 41.2. The standard InChI is InChI=1S/C27H38N4O4/c1-8-35-24(32)17-28-26(34)29-22-14-15-23(30(6)7)21(16-22)18-31(25(33)27(3,4)5)19(2)20-12-10-9-11-13-20/h9-16,19H,8,17-18H2,1-7H3,(H2,28,29,34)/t19-/m0/s1. The molecule has 3 amide bonds. The molecule has 2 aromatic rings. The third kappa shape index (κ3) is 8.02. The maximum Gasteiger partial charge on any atom is 0.325 e. The van der Waals surface area contributed by atoms with Gasteiger partial charge in [0.15, 0.2) is 0 Å². The highest BCUT2D eigenvalue weighted by Gasteiger charge is 2.31. The third-order valence-electron chi connectivity index (χ3n) is 5.51. The van der Waals surface area contributed by atoms with Gasteiger partial charge >= 0.3 is 12.0 Å². The van der Waals surface area contributed by atoms with E-state index in [0.29, 0.717) is 12.2 Å². The van der Waals surface area contributed by atoms with Crippen LogP contribution in [-0.2, 0) is 20.9 Å². The normalized spacial score (nSPS) is 11.9. The number of hydrogen-bond acceptors (Lipinski definition) is 5. The zero-order chi connectivity index (χ0) is 26.2. The van der Waals surface area contributed by atoms with E-state index in [1.54, 1.807) is 13.0 Å². The summed E-state index contributed by atoms with van der Waals surface area (Å²) in [5, 5.41) is 5.25. The van der Waals surface area contributed by atoms with Gasteiger partial charge in [-0.1, -0.05) is 51.1 Å². The lowest BCUT2D eigenvalue weighted by atomic mass is 9.92. The lowest BCUT2D eigenvalue weighted by molar-refractivity contribution is -0.143. The van der Waals surface area contributed by atoms with E-state index < -0.39 is 17.4 Å². The van der Waals surface area contributed by atoms with E-state index in [-0.39, 0.29) is 25.1 Å². The third-order valence-corrected chi connectivity index (χ3v) is 5.51. The highest BCUT2D eigenvalue weighted by molar-refractivity contribution is 5.92. The molecule has 8 nitrogen and oxygen atoms in total. The summed E-state index contributed by atoms with van der Waals surface area (Å²) in [5.74, 6) is -0.471. The molecule has 0 aromatic heterocycles. The number of ether oxygens (including phenoxy) is 1. The van der Waals surface area contributed by atoms with Gasteiger partial charge < -0.3 is 25.2 Å². The van der Waals surface area contributed by atoms with Gasteiger partial charge in [-0.05, 0) is 43.2 Å². The van der Waals surface area contributed by atoms with Gasteiger partial charge in [0.05, 0.1) is 12.6 Å². The quantitative estimate of drug-likeness (QED) is 0.511. The summed E-state index contributed by atoms with van der Waals surface area (Å²) in [6, 6.07) is 14.8. The molecular weight excluding hydrogens is 444 g/mol. The lowest BCUT2D eigenvalue weighted by Crippen LogP contribution is -2.41. The number of nitrogens with one attached hydrogen (secondary N) is 2. The lowest BCUT2D eigenvalue weighted by Gasteiger charge is -2.35. The van der Waals surface area contributed by atoms with Crippen molar-refractivity contribution in [3.8, 4) is 0 Å². The van der Waals surface area contributed by atoms with Crippen LogP contribution in [0.1, 0.15) is 51.8 Å². The number of rotatable bonds is 9. The molecule has 2 rings (SSSR count). The molecule has 0 aliphatic rings. The predicted octanol–water partition coefficient (Wildman–Crippen LogP) is 4.57. The van der Waals surface area contributed by atoms with E-state index in [1.165, 1.54) is 0 Å².